The third-order valence-electron chi connectivity index (χ3n) is 6.62. The molecule has 1 aliphatic heterocycles. The normalized spacial score (nSPS) is 16.6. The van der Waals surface area contributed by atoms with Gasteiger partial charge in [-0.1, -0.05) is 35.3 Å². The van der Waals surface area contributed by atoms with E-state index in [0.717, 1.165) is 10.6 Å². The van der Waals surface area contributed by atoms with E-state index in [1.165, 1.54) is 38.5 Å². The molecule has 206 valence electrons. The summed E-state index contributed by atoms with van der Waals surface area (Å²) in [4.78, 5) is 37.5. The topological polar surface area (TPSA) is 108 Å². The van der Waals surface area contributed by atoms with Crippen LogP contribution in [0.25, 0.3) is 16.8 Å². The largest absolute Gasteiger partial charge is 0.507 e. The van der Waals surface area contributed by atoms with Crippen molar-refractivity contribution in [3.63, 3.8) is 0 Å². The van der Waals surface area contributed by atoms with Gasteiger partial charge in [-0.15, -0.1) is 0 Å². The lowest BCUT2D eigenvalue weighted by molar-refractivity contribution is -0.132. The van der Waals surface area contributed by atoms with Crippen LogP contribution in [0.2, 0.25) is 10.0 Å². The third kappa shape index (κ3) is 4.39. The number of nitrogens with one attached hydrogen (secondary N) is 1. The van der Waals surface area contributed by atoms with E-state index < -0.39 is 29.3 Å². The summed E-state index contributed by atoms with van der Waals surface area (Å²) >= 11 is 12.8. The molecule has 12 heteroatoms. The quantitative estimate of drug-likeness (QED) is 0.169. The SMILES string of the molecule is COc1c(Cl)cc(/C(O)=C2\C(=O)C(=O)N(c3nc4ccc(F)cc4[nH]3)C2c2ccc(N(C)C)cc2)c(OC)c1Cl. The van der Waals surface area contributed by atoms with Gasteiger partial charge in [0.25, 0.3) is 5.78 Å². The van der Waals surface area contributed by atoms with Crippen LogP contribution in [0, 0.1) is 5.82 Å². The molecule has 1 amide bonds. The number of ether oxygens (including phenoxy) is 2. The molecule has 4 aromatic rings. The highest BCUT2D eigenvalue weighted by Crippen LogP contribution is 2.48. The van der Waals surface area contributed by atoms with Gasteiger partial charge in [0.15, 0.2) is 11.5 Å². The molecule has 0 spiro atoms. The fourth-order valence-corrected chi connectivity index (χ4v) is 5.38. The van der Waals surface area contributed by atoms with Crippen LogP contribution in [-0.2, 0) is 9.59 Å². The third-order valence-corrected chi connectivity index (χ3v) is 7.25. The molecule has 2 N–H and O–H groups in total. The number of carbonyl (C=O) groups excluding carboxylic acids is 2. The predicted octanol–water partition coefficient (Wildman–Crippen LogP) is 5.72. The number of halogens is 3. The fourth-order valence-electron chi connectivity index (χ4n) is 4.70. The second-order valence-corrected chi connectivity index (χ2v) is 9.95. The summed E-state index contributed by atoms with van der Waals surface area (Å²) in [6.07, 6.45) is 0. The van der Waals surface area contributed by atoms with Gasteiger partial charge in [0.1, 0.15) is 16.6 Å². The van der Waals surface area contributed by atoms with Crippen LogP contribution in [0.15, 0.2) is 54.1 Å². The zero-order chi connectivity index (χ0) is 28.9. The summed E-state index contributed by atoms with van der Waals surface area (Å²) in [6.45, 7) is 0. The van der Waals surface area contributed by atoms with Crippen molar-refractivity contribution in [1.29, 1.82) is 0 Å². The van der Waals surface area contributed by atoms with Crippen LogP contribution in [0.3, 0.4) is 0 Å². The lowest BCUT2D eigenvalue weighted by Crippen LogP contribution is -2.30. The predicted molar refractivity (Wildman–Crippen MR) is 151 cm³/mol. The molecule has 1 aromatic heterocycles. The number of hydrogen-bond donors (Lipinski definition) is 2. The highest BCUT2D eigenvalue weighted by atomic mass is 35.5. The van der Waals surface area contributed by atoms with E-state index >= 15 is 0 Å². The molecule has 40 heavy (non-hydrogen) atoms. The van der Waals surface area contributed by atoms with Crippen LogP contribution >= 0.6 is 23.2 Å². The monoisotopic (exact) mass is 584 g/mol. The zero-order valence-electron chi connectivity index (χ0n) is 21.8. The van der Waals surface area contributed by atoms with Crippen LogP contribution in [0.5, 0.6) is 11.5 Å². The minimum atomic E-state index is -1.12. The van der Waals surface area contributed by atoms with Gasteiger partial charge in [-0.25, -0.2) is 9.37 Å². The minimum absolute atomic E-state index is 0.00111. The van der Waals surface area contributed by atoms with Crippen molar-refractivity contribution in [2.24, 2.45) is 0 Å². The number of nitrogens with zero attached hydrogens (tertiary/aromatic N) is 3. The molecule has 9 nitrogen and oxygen atoms in total. The van der Waals surface area contributed by atoms with Crippen molar-refractivity contribution < 1.29 is 28.6 Å². The molecule has 1 fully saturated rings. The zero-order valence-corrected chi connectivity index (χ0v) is 23.3. The molecule has 1 saturated heterocycles. The number of fused-ring (bicyclic) bond motifs is 1. The molecule has 0 radical (unpaired) electrons. The Morgan fingerprint density at radius 2 is 1.73 bits per heavy atom. The van der Waals surface area contributed by atoms with E-state index in [9.17, 15) is 19.1 Å². The number of rotatable bonds is 6. The van der Waals surface area contributed by atoms with Gasteiger partial charge in [0.2, 0.25) is 5.95 Å². The molecule has 1 aliphatic rings. The Bertz CT molecular complexity index is 1700. The van der Waals surface area contributed by atoms with Gasteiger partial charge in [0.05, 0.1) is 47.5 Å². The number of aliphatic hydroxyl groups excluding tert-OH is 1. The Hall–Kier alpha value is -4.28. The Morgan fingerprint density at radius 3 is 2.35 bits per heavy atom. The first-order valence-electron chi connectivity index (χ1n) is 11.9. The molecular weight excluding hydrogens is 562 g/mol. The number of aliphatic hydroxyl groups is 1. The summed E-state index contributed by atoms with van der Waals surface area (Å²) in [5.41, 5.74) is 1.82. The van der Waals surface area contributed by atoms with Crippen molar-refractivity contribution in [3.8, 4) is 11.5 Å². The molecule has 5 rings (SSSR count). The smallest absolute Gasteiger partial charge is 0.302 e. The maximum atomic E-state index is 13.9. The van der Waals surface area contributed by atoms with Crippen molar-refractivity contribution in [2.75, 3.05) is 38.1 Å². The Balaban J connectivity index is 1.77. The Labute approximate surface area is 238 Å². The van der Waals surface area contributed by atoms with Crippen molar-refractivity contribution in [2.45, 2.75) is 6.04 Å². The first-order chi connectivity index (χ1) is 19.1. The second-order valence-electron chi connectivity index (χ2n) is 9.16. The molecule has 0 bridgehead atoms. The molecule has 0 aliphatic carbocycles. The molecule has 1 unspecified atom stereocenters. The lowest BCUT2D eigenvalue weighted by atomic mass is 9.94. The maximum absolute atomic E-state index is 13.9. The van der Waals surface area contributed by atoms with Gasteiger partial charge in [-0.2, -0.15) is 0 Å². The number of anilines is 2. The van der Waals surface area contributed by atoms with E-state index in [2.05, 4.69) is 9.97 Å². The average molecular weight is 585 g/mol. The second kappa shape index (κ2) is 10.4. The van der Waals surface area contributed by atoms with E-state index in [0.29, 0.717) is 16.6 Å². The number of amides is 1. The number of Topliss-reactive ketones (excluding diaryl/α,β-unsaturated/α-hetero) is 1. The first-order valence-corrected chi connectivity index (χ1v) is 12.7. The Morgan fingerprint density at radius 1 is 1.05 bits per heavy atom. The van der Waals surface area contributed by atoms with Crippen LogP contribution in [0.1, 0.15) is 17.2 Å². The van der Waals surface area contributed by atoms with Crippen molar-refractivity contribution in [1.82, 2.24) is 9.97 Å². The maximum Gasteiger partial charge on any atom is 0.302 e. The molecule has 2 heterocycles. The number of aromatic amines is 1. The van der Waals surface area contributed by atoms with Gasteiger partial charge >= 0.3 is 5.91 Å². The Kier molecular flexibility index (Phi) is 7.07. The van der Waals surface area contributed by atoms with E-state index in [4.69, 9.17) is 32.7 Å². The summed E-state index contributed by atoms with van der Waals surface area (Å²) < 4.78 is 24.5. The van der Waals surface area contributed by atoms with E-state index in [-0.39, 0.29) is 38.6 Å². The average Bonchev–Trinajstić information content (AvgIpc) is 3.45. The molecule has 3 aromatic carbocycles. The standard InChI is InChI=1S/C28H23Cl2FN4O5/c1-34(2)15-8-5-13(6-9-15)22-20(23(36)16-12-17(29)26(40-4)21(30)25(16)39-3)24(37)27(38)35(22)28-32-18-10-7-14(31)11-19(18)33-28/h5-12,22,36H,1-4H3,(H,32,33)/b23-20+. The highest BCUT2D eigenvalue weighted by Gasteiger charge is 2.48. The van der Waals surface area contributed by atoms with Crippen LogP contribution in [-0.4, -0.2) is 55.1 Å². The first kappa shape index (κ1) is 27.3. The van der Waals surface area contributed by atoms with E-state index in [1.54, 1.807) is 12.1 Å². The number of aromatic nitrogens is 2. The van der Waals surface area contributed by atoms with Crippen molar-refractivity contribution >= 4 is 63.3 Å². The summed E-state index contributed by atoms with van der Waals surface area (Å²) in [5.74, 6) is -2.88. The summed E-state index contributed by atoms with van der Waals surface area (Å²) in [7, 11) is 6.44. The number of carbonyl (C=O) groups is 2. The van der Waals surface area contributed by atoms with Crippen molar-refractivity contribution in [3.05, 3.63) is 81.1 Å². The summed E-state index contributed by atoms with van der Waals surface area (Å²) in [5, 5.41) is 11.6. The van der Waals surface area contributed by atoms with Gasteiger partial charge in [-0.05, 0) is 42.0 Å². The van der Waals surface area contributed by atoms with Crippen LogP contribution < -0.4 is 19.3 Å². The number of imidazole rings is 1. The fraction of sp³-hybridized carbons (Fsp3) is 0.179. The van der Waals surface area contributed by atoms with Gasteiger partial charge in [-0.3, -0.25) is 14.5 Å². The number of hydrogen-bond acceptors (Lipinski definition) is 7. The number of methoxy groups -OCH3 is 2. The number of benzene rings is 3. The van der Waals surface area contributed by atoms with Gasteiger partial charge < -0.3 is 24.5 Å². The van der Waals surface area contributed by atoms with Crippen LogP contribution in [0.4, 0.5) is 16.0 Å². The minimum Gasteiger partial charge on any atom is -0.507 e. The lowest BCUT2D eigenvalue weighted by Gasteiger charge is -2.24. The number of H-pyrrole nitrogens is 1. The molecule has 0 saturated carbocycles. The molecule has 1 atom stereocenters. The van der Waals surface area contributed by atoms with Gasteiger partial charge in [0, 0.05) is 19.8 Å². The molecular formula is C28H23Cl2FN4O5. The highest BCUT2D eigenvalue weighted by molar-refractivity contribution is 6.51. The van der Waals surface area contributed by atoms with E-state index in [1.807, 2.05) is 31.1 Å². The number of ketones is 1. The summed E-state index contributed by atoms with van der Waals surface area (Å²) in [6, 6.07) is 11.2.